The number of hydrogen-bond acceptors (Lipinski definition) is 6. The molecule has 1 heterocycles. The lowest BCUT2D eigenvalue weighted by atomic mass is 10.2. The Morgan fingerprint density at radius 3 is 2.81 bits per heavy atom. The molecule has 21 heavy (non-hydrogen) atoms. The fourth-order valence-electron chi connectivity index (χ4n) is 1.52. The van der Waals surface area contributed by atoms with E-state index in [2.05, 4.69) is 15.5 Å². The third-order valence-electron chi connectivity index (χ3n) is 2.54. The average Bonchev–Trinajstić information content (AvgIpc) is 2.89. The van der Waals surface area contributed by atoms with Crippen LogP contribution in [-0.2, 0) is 4.79 Å². The number of nitrogens with one attached hydrogen (secondary N) is 1. The molecule has 2 aromatic rings. The fraction of sp³-hybridized carbons (Fsp3) is 0.357. The van der Waals surface area contributed by atoms with E-state index in [9.17, 15) is 4.79 Å². The average molecular weight is 323 g/mol. The quantitative estimate of drug-likeness (QED) is 0.625. The standard InChI is InChI=1S/C14H17N3O2S2/c1-3-20-14-17-16-13(21-14)15-12(18)8-9-19-11-6-4-10(2)5-7-11/h4-7H,3,8-9H2,1-2H3,(H,15,16,18). The molecule has 1 amide bonds. The summed E-state index contributed by atoms with van der Waals surface area (Å²) in [7, 11) is 0. The molecule has 1 N–H and O–H groups in total. The molecule has 0 spiro atoms. The molecule has 0 aliphatic carbocycles. The summed E-state index contributed by atoms with van der Waals surface area (Å²) < 4.78 is 6.38. The minimum absolute atomic E-state index is 0.119. The van der Waals surface area contributed by atoms with Gasteiger partial charge in [-0.25, -0.2) is 0 Å². The van der Waals surface area contributed by atoms with Crippen molar-refractivity contribution in [3.05, 3.63) is 29.8 Å². The fourth-order valence-corrected chi connectivity index (χ4v) is 3.19. The second-order valence-corrected chi connectivity index (χ2v) is 6.75. The van der Waals surface area contributed by atoms with E-state index in [-0.39, 0.29) is 12.3 Å². The lowest BCUT2D eigenvalue weighted by molar-refractivity contribution is -0.116. The van der Waals surface area contributed by atoms with Crippen molar-refractivity contribution in [2.45, 2.75) is 24.6 Å². The van der Waals surface area contributed by atoms with E-state index >= 15 is 0 Å². The SMILES string of the molecule is CCSc1nnc(NC(=O)CCOc2ccc(C)cc2)s1. The molecule has 0 saturated heterocycles. The van der Waals surface area contributed by atoms with E-state index in [1.54, 1.807) is 11.8 Å². The number of hydrogen-bond donors (Lipinski definition) is 1. The Morgan fingerprint density at radius 2 is 2.10 bits per heavy atom. The highest BCUT2D eigenvalue weighted by atomic mass is 32.2. The molecule has 0 aliphatic rings. The molecule has 0 saturated carbocycles. The van der Waals surface area contributed by atoms with Gasteiger partial charge in [0.15, 0.2) is 4.34 Å². The van der Waals surface area contributed by atoms with Gasteiger partial charge in [0.2, 0.25) is 11.0 Å². The highest BCUT2D eigenvalue weighted by Crippen LogP contribution is 2.24. The van der Waals surface area contributed by atoms with Crippen molar-refractivity contribution in [3.63, 3.8) is 0 Å². The summed E-state index contributed by atoms with van der Waals surface area (Å²) in [6.45, 7) is 4.40. The summed E-state index contributed by atoms with van der Waals surface area (Å²) in [6.07, 6.45) is 0.281. The number of rotatable bonds is 7. The smallest absolute Gasteiger partial charge is 0.229 e. The first kappa shape index (κ1) is 15.8. The normalized spacial score (nSPS) is 10.4. The van der Waals surface area contributed by atoms with E-state index in [1.165, 1.54) is 16.9 Å². The maximum Gasteiger partial charge on any atom is 0.229 e. The Labute approximate surface area is 132 Å². The van der Waals surface area contributed by atoms with Gasteiger partial charge in [-0.3, -0.25) is 4.79 Å². The number of amides is 1. The van der Waals surface area contributed by atoms with Crippen molar-refractivity contribution in [2.24, 2.45) is 0 Å². The van der Waals surface area contributed by atoms with Crippen molar-refractivity contribution < 1.29 is 9.53 Å². The van der Waals surface area contributed by atoms with Gasteiger partial charge >= 0.3 is 0 Å². The molecule has 2 rings (SSSR count). The number of carbonyl (C=O) groups is 1. The van der Waals surface area contributed by atoms with Gasteiger partial charge < -0.3 is 10.1 Å². The predicted molar refractivity (Wildman–Crippen MR) is 86.2 cm³/mol. The van der Waals surface area contributed by atoms with Crippen LogP contribution in [0.2, 0.25) is 0 Å². The Kier molecular flexibility index (Phi) is 6.01. The maximum absolute atomic E-state index is 11.8. The van der Waals surface area contributed by atoms with Crippen molar-refractivity contribution in [2.75, 3.05) is 17.7 Å². The maximum atomic E-state index is 11.8. The number of benzene rings is 1. The molecule has 0 atom stereocenters. The lowest BCUT2D eigenvalue weighted by Crippen LogP contribution is -2.15. The van der Waals surface area contributed by atoms with E-state index < -0.39 is 0 Å². The van der Waals surface area contributed by atoms with Gasteiger partial charge in [-0.2, -0.15) is 0 Å². The highest BCUT2D eigenvalue weighted by molar-refractivity contribution is 8.01. The Morgan fingerprint density at radius 1 is 1.33 bits per heavy atom. The minimum Gasteiger partial charge on any atom is -0.493 e. The predicted octanol–water partition coefficient (Wildman–Crippen LogP) is 3.37. The van der Waals surface area contributed by atoms with Gasteiger partial charge in [0.25, 0.3) is 0 Å². The van der Waals surface area contributed by atoms with Crippen LogP contribution in [0.3, 0.4) is 0 Å². The number of aromatic nitrogens is 2. The van der Waals surface area contributed by atoms with Gasteiger partial charge in [0, 0.05) is 0 Å². The van der Waals surface area contributed by atoms with Crippen LogP contribution in [0.25, 0.3) is 0 Å². The molecule has 0 aliphatic heterocycles. The number of ether oxygens (including phenoxy) is 1. The number of thioether (sulfide) groups is 1. The second kappa shape index (κ2) is 7.99. The van der Waals surface area contributed by atoms with Crippen LogP contribution in [0, 0.1) is 6.92 Å². The van der Waals surface area contributed by atoms with E-state index in [1.807, 2.05) is 38.1 Å². The highest BCUT2D eigenvalue weighted by Gasteiger charge is 2.08. The molecule has 0 radical (unpaired) electrons. The number of nitrogens with zero attached hydrogens (tertiary/aromatic N) is 2. The van der Waals surface area contributed by atoms with Crippen molar-refractivity contribution in [1.82, 2.24) is 10.2 Å². The van der Waals surface area contributed by atoms with Crippen molar-refractivity contribution in [3.8, 4) is 5.75 Å². The van der Waals surface area contributed by atoms with Crippen LogP contribution >= 0.6 is 23.1 Å². The Bertz CT molecular complexity index is 584. The summed E-state index contributed by atoms with van der Waals surface area (Å²) in [5, 5.41) is 11.2. The first-order valence-corrected chi connectivity index (χ1v) is 8.43. The molecular weight excluding hydrogens is 306 g/mol. The molecule has 5 nitrogen and oxygen atoms in total. The number of aryl methyl sites for hydroxylation is 1. The molecular formula is C14H17N3O2S2. The van der Waals surface area contributed by atoms with Gasteiger partial charge in [0.1, 0.15) is 5.75 Å². The van der Waals surface area contributed by atoms with Crippen LogP contribution in [0.4, 0.5) is 5.13 Å². The second-order valence-electron chi connectivity index (χ2n) is 4.27. The number of carbonyl (C=O) groups excluding carboxylic acids is 1. The first-order valence-electron chi connectivity index (χ1n) is 6.63. The molecule has 1 aromatic carbocycles. The van der Waals surface area contributed by atoms with Crippen LogP contribution in [0.1, 0.15) is 18.9 Å². The molecule has 112 valence electrons. The van der Waals surface area contributed by atoms with Crippen LogP contribution in [0.15, 0.2) is 28.6 Å². The van der Waals surface area contributed by atoms with Gasteiger partial charge in [-0.1, -0.05) is 47.7 Å². The van der Waals surface area contributed by atoms with Gasteiger partial charge in [0.05, 0.1) is 13.0 Å². The zero-order valence-corrected chi connectivity index (χ0v) is 13.6. The van der Waals surface area contributed by atoms with Crippen LogP contribution in [0.5, 0.6) is 5.75 Å². The molecule has 0 bridgehead atoms. The third kappa shape index (κ3) is 5.35. The number of anilines is 1. The van der Waals surface area contributed by atoms with E-state index in [0.29, 0.717) is 11.7 Å². The van der Waals surface area contributed by atoms with Gasteiger partial charge in [-0.05, 0) is 24.8 Å². The largest absolute Gasteiger partial charge is 0.493 e. The van der Waals surface area contributed by atoms with Gasteiger partial charge in [-0.15, -0.1) is 10.2 Å². The first-order chi connectivity index (χ1) is 10.2. The van der Waals surface area contributed by atoms with Crippen molar-refractivity contribution in [1.29, 1.82) is 0 Å². The Hall–Kier alpha value is -1.60. The lowest BCUT2D eigenvalue weighted by Gasteiger charge is -2.05. The van der Waals surface area contributed by atoms with E-state index in [0.717, 1.165) is 15.8 Å². The van der Waals surface area contributed by atoms with Crippen LogP contribution < -0.4 is 10.1 Å². The zero-order valence-electron chi connectivity index (χ0n) is 12.0. The summed E-state index contributed by atoms with van der Waals surface area (Å²) >= 11 is 2.99. The monoisotopic (exact) mass is 323 g/mol. The Balaban J connectivity index is 1.72. The summed E-state index contributed by atoms with van der Waals surface area (Å²) in [5.74, 6) is 1.59. The molecule has 0 unspecified atom stereocenters. The summed E-state index contributed by atoms with van der Waals surface area (Å²) in [6, 6.07) is 7.74. The zero-order chi connectivity index (χ0) is 15.1. The molecule has 1 aromatic heterocycles. The topological polar surface area (TPSA) is 64.1 Å². The van der Waals surface area contributed by atoms with Crippen LogP contribution in [-0.4, -0.2) is 28.5 Å². The molecule has 7 heteroatoms. The minimum atomic E-state index is -0.119. The van der Waals surface area contributed by atoms with E-state index in [4.69, 9.17) is 4.74 Å². The summed E-state index contributed by atoms with van der Waals surface area (Å²) in [4.78, 5) is 11.8. The van der Waals surface area contributed by atoms with Crippen molar-refractivity contribution >= 4 is 34.1 Å². The molecule has 0 fully saturated rings. The summed E-state index contributed by atoms with van der Waals surface area (Å²) in [5.41, 5.74) is 1.18. The third-order valence-corrected chi connectivity index (χ3v) is 4.39.